The lowest BCUT2D eigenvalue weighted by atomic mass is 10.1. The van der Waals surface area contributed by atoms with Crippen molar-refractivity contribution in [2.75, 3.05) is 19.7 Å². The number of hydrogen-bond donors (Lipinski definition) is 1. The Morgan fingerprint density at radius 1 is 1.42 bits per heavy atom. The summed E-state index contributed by atoms with van der Waals surface area (Å²) in [7, 11) is 0. The second-order valence-electron chi connectivity index (χ2n) is 4.99. The molecule has 1 N–H and O–H groups in total. The van der Waals surface area contributed by atoms with Crippen molar-refractivity contribution in [3.63, 3.8) is 0 Å². The highest BCUT2D eigenvalue weighted by molar-refractivity contribution is 5.91. The fourth-order valence-corrected chi connectivity index (χ4v) is 2.21. The summed E-state index contributed by atoms with van der Waals surface area (Å²) in [6.07, 6.45) is 6.18. The molecule has 0 fully saturated rings. The van der Waals surface area contributed by atoms with E-state index in [1.54, 1.807) is 6.08 Å². The summed E-state index contributed by atoms with van der Waals surface area (Å²) < 4.78 is 5.62. The molecule has 0 bridgehead atoms. The molecular formula is C15H25NO3. The van der Waals surface area contributed by atoms with E-state index in [4.69, 9.17) is 9.84 Å². The van der Waals surface area contributed by atoms with Gasteiger partial charge in [0.2, 0.25) is 0 Å². The molecule has 4 heteroatoms. The third-order valence-corrected chi connectivity index (χ3v) is 3.32. The zero-order valence-corrected chi connectivity index (χ0v) is 12.2. The van der Waals surface area contributed by atoms with E-state index in [1.165, 1.54) is 0 Å². The van der Waals surface area contributed by atoms with Crippen LogP contribution in [-0.2, 0) is 9.53 Å². The number of carboxylic acid groups (broad SMARTS) is 1. The summed E-state index contributed by atoms with van der Waals surface area (Å²) in [6, 6.07) is 0.536. The number of rotatable bonds is 8. The molecule has 19 heavy (non-hydrogen) atoms. The van der Waals surface area contributed by atoms with Gasteiger partial charge in [0.25, 0.3) is 0 Å². The van der Waals surface area contributed by atoms with Crippen LogP contribution in [0.2, 0.25) is 0 Å². The van der Waals surface area contributed by atoms with E-state index < -0.39 is 5.97 Å². The molecule has 0 saturated carbocycles. The second kappa shape index (κ2) is 8.00. The third-order valence-electron chi connectivity index (χ3n) is 3.32. The molecule has 0 aliphatic heterocycles. The van der Waals surface area contributed by atoms with Crippen molar-refractivity contribution in [1.82, 2.24) is 4.90 Å². The van der Waals surface area contributed by atoms with Crippen LogP contribution in [0.4, 0.5) is 0 Å². The summed E-state index contributed by atoms with van der Waals surface area (Å²) in [5.41, 5.74) is 0.308. The molecule has 1 aliphatic rings. The molecule has 0 atom stereocenters. The molecule has 0 aromatic rings. The number of ether oxygens (including phenoxy) is 1. The Kier molecular flexibility index (Phi) is 6.64. The number of nitrogens with zero attached hydrogens (tertiary/aromatic N) is 1. The molecule has 0 amide bonds. The molecule has 108 valence electrons. The molecule has 0 saturated heterocycles. The predicted octanol–water partition coefficient (Wildman–Crippen LogP) is 2.81. The molecule has 0 unspecified atom stereocenters. The summed E-state index contributed by atoms with van der Waals surface area (Å²) >= 11 is 0. The van der Waals surface area contributed by atoms with Crippen LogP contribution in [0, 0.1) is 0 Å². The van der Waals surface area contributed by atoms with E-state index in [1.807, 2.05) is 6.08 Å². The molecular weight excluding hydrogens is 242 g/mol. The second-order valence-corrected chi connectivity index (χ2v) is 4.99. The van der Waals surface area contributed by atoms with Gasteiger partial charge in [0.05, 0.1) is 12.2 Å². The quantitative estimate of drug-likeness (QED) is 0.687. The van der Waals surface area contributed by atoms with Crippen molar-refractivity contribution in [1.29, 1.82) is 0 Å². The van der Waals surface area contributed by atoms with Crippen molar-refractivity contribution in [3.8, 4) is 0 Å². The van der Waals surface area contributed by atoms with Gasteiger partial charge in [-0.1, -0.05) is 13.0 Å². The highest BCUT2D eigenvalue weighted by atomic mass is 16.5. The topological polar surface area (TPSA) is 49.8 Å². The highest BCUT2D eigenvalue weighted by Gasteiger charge is 2.17. The summed E-state index contributed by atoms with van der Waals surface area (Å²) in [5, 5.41) is 9.07. The predicted molar refractivity (Wildman–Crippen MR) is 76.0 cm³/mol. The van der Waals surface area contributed by atoms with Crippen LogP contribution >= 0.6 is 0 Å². The lowest BCUT2D eigenvalue weighted by Gasteiger charge is -2.24. The van der Waals surface area contributed by atoms with Crippen LogP contribution < -0.4 is 0 Å². The van der Waals surface area contributed by atoms with Gasteiger partial charge < -0.3 is 14.7 Å². The van der Waals surface area contributed by atoms with Gasteiger partial charge in [0.15, 0.2) is 0 Å². The molecule has 4 nitrogen and oxygen atoms in total. The molecule has 1 rings (SSSR count). The molecule has 0 spiro atoms. The standard InChI is InChI=1S/C15H25NO3/c1-4-16(12(2)3)10-7-11-19-14-9-6-5-8-13(14)15(17)18/h8-9,12H,4-7,10-11H2,1-3H3,(H,17,18). The fourth-order valence-electron chi connectivity index (χ4n) is 2.21. The van der Waals surface area contributed by atoms with Gasteiger partial charge in [-0.05, 0) is 45.7 Å². The van der Waals surface area contributed by atoms with Gasteiger partial charge in [-0.3, -0.25) is 0 Å². The average molecular weight is 267 g/mol. The minimum absolute atomic E-state index is 0.308. The largest absolute Gasteiger partial charge is 0.493 e. The first-order valence-electron chi connectivity index (χ1n) is 7.07. The molecule has 0 radical (unpaired) electrons. The van der Waals surface area contributed by atoms with Crippen LogP contribution in [0.1, 0.15) is 40.0 Å². The van der Waals surface area contributed by atoms with Gasteiger partial charge in [0, 0.05) is 12.6 Å². The Labute approximate surface area is 115 Å². The smallest absolute Gasteiger partial charge is 0.339 e. The number of aliphatic carboxylic acids is 1. The lowest BCUT2D eigenvalue weighted by Crippen LogP contribution is -2.32. The number of hydrogen-bond acceptors (Lipinski definition) is 3. The van der Waals surface area contributed by atoms with Crippen molar-refractivity contribution in [2.24, 2.45) is 0 Å². The van der Waals surface area contributed by atoms with Gasteiger partial charge in [-0.2, -0.15) is 0 Å². The number of carboxylic acids is 1. The van der Waals surface area contributed by atoms with Gasteiger partial charge >= 0.3 is 5.97 Å². The minimum Gasteiger partial charge on any atom is -0.493 e. The fraction of sp³-hybridized carbons (Fsp3) is 0.667. The van der Waals surface area contributed by atoms with E-state index in [2.05, 4.69) is 25.7 Å². The third kappa shape index (κ3) is 5.07. The van der Waals surface area contributed by atoms with E-state index >= 15 is 0 Å². The summed E-state index contributed by atoms with van der Waals surface area (Å²) in [6.45, 7) is 9.09. The van der Waals surface area contributed by atoms with E-state index in [-0.39, 0.29) is 0 Å². The van der Waals surface area contributed by atoms with E-state index in [0.29, 0.717) is 24.0 Å². The SMILES string of the molecule is CCN(CCCOC1=CCCC=C1C(=O)O)C(C)C. The monoisotopic (exact) mass is 267 g/mol. The normalized spacial score (nSPS) is 15.4. The summed E-state index contributed by atoms with van der Waals surface area (Å²) in [5.74, 6) is -0.366. The average Bonchev–Trinajstić information content (AvgIpc) is 2.38. The zero-order chi connectivity index (χ0) is 14.3. The highest BCUT2D eigenvalue weighted by Crippen LogP contribution is 2.20. The van der Waals surface area contributed by atoms with Crippen LogP contribution in [0.25, 0.3) is 0 Å². The first-order valence-corrected chi connectivity index (χ1v) is 7.07. The molecule has 1 aliphatic carbocycles. The van der Waals surface area contributed by atoms with E-state index in [0.717, 1.165) is 32.4 Å². The van der Waals surface area contributed by atoms with Crippen molar-refractivity contribution in [2.45, 2.75) is 46.1 Å². The van der Waals surface area contributed by atoms with Crippen molar-refractivity contribution in [3.05, 3.63) is 23.5 Å². The zero-order valence-electron chi connectivity index (χ0n) is 12.2. The van der Waals surface area contributed by atoms with Crippen LogP contribution in [-0.4, -0.2) is 41.7 Å². The van der Waals surface area contributed by atoms with E-state index in [9.17, 15) is 4.79 Å². The van der Waals surface area contributed by atoms with Gasteiger partial charge in [-0.25, -0.2) is 4.79 Å². The van der Waals surface area contributed by atoms with Gasteiger partial charge in [-0.15, -0.1) is 0 Å². The maximum absolute atomic E-state index is 11.0. The Hall–Kier alpha value is -1.29. The van der Waals surface area contributed by atoms with Gasteiger partial charge in [0.1, 0.15) is 5.76 Å². The molecule has 0 aromatic carbocycles. The van der Waals surface area contributed by atoms with Crippen LogP contribution in [0.15, 0.2) is 23.5 Å². The van der Waals surface area contributed by atoms with Crippen LogP contribution in [0.3, 0.4) is 0 Å². The maximum Gasteiger partial charge on any atom is 0.339 e. The molecule has 0 aromatic heterocycles. The Bertz CT molecular complexity index is 358. The number of allylic oxidation sites excluding steroid dienone is 2. The first kappa shape index (κ1) is 15.8. The summed E-state index contributed by atoms with van der Waals surface area (Å²) in [4.78, 5) is 13.4. The first-order chi connectivity index (χ1) is 9.06. The lowest BCUT2D eigenvalue weighted by molar-refractivity contribution is -0.132. The molecule has 0 heterocycles. The van der Waals surface area contributed by atoms with Crippen molar-refractivity contribution >= 4 is 5.97 Å². The Morgan fingerprint density at radius 2 is 2.11 bits per heavy atom. The van der Waals surface area contributed by atoms with Crippen molar-refractivity contribution < 1.29 is 14.6 Å². The van der Waals surface area contributed by atoms with Crippen LogP contribution in [0.5, 0.6) is 0 Å². The number of carbonyl (C=O) groups is 1. The Balaban J connectivity index is 2.35. The minimum atomic E-state index is -0.900. The Morgan fingerprint density at radius 3 is 2.68 bits per heavy atom. The maximum atomic E-state index is 11.0.